The minimum absolute atomic E-state index is 0.0362. The van der Waals surface area contributed by atoms with Crippen LogP contribution in [0.4, 0.5) is 0 Å². The van der Waals surface area contributed by atoms with E-state index >= 15 is 0 Å². The summed E-state index contributed by atoms with van der Waals surface area (Å²) in [6.45, 7) is 3.72. The predicted molar refractivity (Wildman–Crippen MR) is 83.8 cm³/mol. The Balaban J connectivity index is 2.71. The third kappa shape index (κ3) is 5.30. The molecule has 1 N–H and O–H groups in total. The highest BCUT2D eigenvalue weighted by Crippen LogP contribution is 2.17. The largest absolute Gasteiger partial charge is 0.353 e. The normalized spacial score (nSPS) is 13.2. The zero-order valence-corrected chi connectivity index (χ0v) is 14.0. The van der Waals surface area contributed by atoms with Gasteiger partial charge in [-0.15, -0.1) is 0 Å². The summed E-state index contributed by atoms with van der Waals surface area (Å²) >= 11 is 5.74. The van der Waals surface area contributed by atoms with Gasteiger partial charge in [-0.1, -0.05) is 24.9 Å². The molecule has 118 valence electrons. The van der Waals surface area contributed by atoms with Crippen LogP contribution in [0.3, 0.4) is 0 Å². The van der Waals surface area contributed by atoms with Crippen LogP contribution in [0.1, 0.15) is 26.7 Å². The lowest BCUT2D eigenvalue weighted by Crippen LogP contribution is -2.41. The van der Waals surface area contributed by atoms with Gasteiger partial charge < -0.3 is 5.32 Å². The maximum absolute atomic E-state index is 12.3. The lowest BCUT2D eigenvalue weighted by Gasteiger charge is -2.19. The molecular formula is C14H21ClN2O3S. The van der Waals surface area contributed by atoms with E-state index in [0.717, 1.165) is 17.1 Å². The van der Waals surface area contributed by atoms with Crippen molar-refractivity contribution in [2.75, 3.05) is 13.6 Å². The Bertz CT molecular complexity index is 572. The lowest BCUT2D eigenvalue weighted by molar-refractivity contribution is -0.121. The van der Waals surface area contributed by atoms with Crippen LogP contribution in [-0.4, -0.2) is 38.3 Å². The molecule has 1 amide bonds. The van der Waals surface area contributed by atoms with Crippen molar-refractivity contribution in [2.24, 2.45) is 0 Å². The van der Waals surface area contributed by atoms with Gasteiger partial charge in [0.05, 0.1) is 11.4 Å². The molecule has 0 aromatic heterocycles. The van der Waals surface area contributed by atoms with Crippen LogP contribution in [0.2, 0.25) is 5.02 Å². The second kappa shape index (κ2) is 7.77. The van der Waals surface area contributed by atoms with Crippen molar-refractivity contribution in [2.45, 2.75) is 37.6 Å². The smallest absolute Gasteiger partial charge is 0.243 e. The molecule has 0 saturated carbocycles. The fourth-order valence-electron chi connectivity index (χ4n) is 1.90. The first-order valence-corrected chi connectivity index (χ1v) is 8.60. The first kappa shape index (κ1) is 17.9. The van der Waals surface area contributed by atoms with Crippen molar-refractivity contribution in [3.8, 4) is 0 Å². The van der Waals surface area contributed by atoms with Gasteiger partial charge in [0.25, 0.3) is 0 Å². The minimum Gasteiger partial charge on any atom is -0.353 e. The number of benzene rings is 1. The number of nitrogens with zero attached hydrogens (tertiary/aromatic N) is 1. The topological polar surface area (TPSA) is 66.5 Å². The molecule has 21 heavy (non-hydrogen) atoms. The molecule has 0 aliphatic carbocycles. The number of amides is 1. The summed E-state index contributed by atoms with van der Waals surface area (Å²) in [5.74, 6) is -0.309. The van der Waals surface area contributed by atoms with E-state index < -0.39 is 10.0 Å². The average Bonchev–Trinajstić information content (AvgIpc) is 2.39. The SMILES string of the molecule is CCC[C@H](C)NC(=O)CN(C)S(=O)(=O)c1ccc(Cl)cc1. The summed E-state index contributed by atoms with van der Waals surface area (Å²) in [6, 6.07) is 5.89. The van der Waals surface area contributed by atoms with Gasteiger partial charge in [-0.05, 0) is 37.6 Å². The highest BCUT2D eigenvalue weighted by Gasteiger charge is 2.23. The third-order valence-corrected chi connectivity index (χ3v) is 5.09. The number of carbonyl (C=O) groups excluding carboxylic acids is 1. The average molecular weight is 333 g/mol. The van der Waals surface area contributed by atoms with Crippen LogP contribution in [0.15, 0.2) is 29.2 Å². The molecule has 0 spiro atoms. The number of sulfonamides is 1. The molecule has 7 heteroatoms. The molecule has 0 aliphatic rings. The number of rotatable bonds is 7. The molecule has 0 radical (unpaired) electrons. The Labute approximate surface area is 131 Å². The number of nitrogens with one attached hydrogen (secondary N) is 1. The van der Waals surface area contributed by atoms with Gasteiger partial charge in [0.2, 0.25) is 15.9 Å². The van der Waals surface area contributed by atoms with Crippen molar-refractivity contribution >= 4 is 27.5 Å². The summed E-state index contributed by atoms with van der Waals surface area (Å²) in [4.78, 5) is 11.9. The second-order valence-electron chi connectivity index (χ2n) is 4.97. The Kier molecular flexibility index (Phi) is 6.64. The Hall–Kier alpha value is -1.11. The highest BCUT2D eigenvalue weighted by atomic mass is 35.5. The molecule has 1 rings (SSSR count). The molecular weight excluding hydrogens is 312 g/mol. The summed E-state index contributed by atoms with van der Waals surface area (Å²) in [5, 5.41) is 3.24. The van der Waals surface area contributed by atoms with E-state index in [9.17, 15) is 13.2 Å². The van der Waals surface area contributed by atoms with Crippen molar-refractivity contribution < 1.29 is 13.2 Å². The summed E-state index contributed by atoms with van der Waals surface area (Å²) in [7, 11) is -2.30. The summed E-state index contributed by atoms with van der Waals surface area (Å²) in [5.41, 5.74) is 0. The monoisotopic (exact) mass is 332 g/mol. The van der Waals surface area contributed by atoms with E-state index in [1.807, 2.05) is 13.8 Å². The molecule has 1 atom stereocenters. The van der Waals surface area contributed by atoms with Crippen molar-refractivity contribution in [3.63, 3.8) is 0 Å². The summed E-state index contributed by atoms with van der Waals surface area (Å²) in [6.07, 6.45) is 1.82. The van der Waals surface area contributed by atoms with Crippen molar-refractivity contribution in [1.29, 1.82) is 0 Å². The molecule has 0 bridgehead atoms. The van der Waals surface area contributed by atoms with Gasteiger partial charge in [0, 0.05) is 18.1 Å². The van der Waals surface area contributed by atoms with E-state index in [1.165, 1.54) is 31.3 Å². The third-order valence-electron chi connectivity index (χ3n) is 3.02. The molecule has 0 heterocycles. The zero-order chi connectivity index (χ0) is 16.0. The first-order valence-electron chi connectivity index (χ1n) is 6.78. The predicted octanol–water partition coefficient (Wildman–Crippen LogP) is 2.27. The van der Waals surface area contributed by atoms with Crippen LogP contribution in [-0.2, 0) is 14.8 Å². The van der Waals surface area contributed by atoms with Gasteiger partial charge >= 0.3 is 0 Å². The van der Waals surface area contributed by atoms with Crippen LogP contribution in [0, 0.1) is 0 Å². The second-order valence-corrected chi connectivity index (χ2v) is 7.45. The molecule has 5 nitrogen and oxygen atoms in total. The van der Waals surface area contributed by atoms with Crippen LogP contribution in [0.25, 0.3) is 0 Å². The van der Waals surface area contributed by atoms with Crippen molar-refractivity contribution in [1.82, 2.24) is 9.62 Å². The lowest BCUT2D eigenvalue weighted by atomic mass is 10.2. The molecule has 0 fully saturated rings. The zero-order valence-electron chi connectivity index (χ0n) is 12.5. The van der Waals surface area contributed by atoms with E-state index in [-0.39, 0.29) is 23.4 Å². The Morgan fingerprint density at radius 1 is 1.33 bits per heavy atom. The highest BCUT2D eigenvalue weighted by molar-refractivity contribution is 7.89. The van der Waals surface area contributed by atoms with Gasteiger partial charge in [-0.2, -0.15) is 4.31 Å². The quantitative estimate of drug-likeness (QED) is 0.833. The van der Waals surface area contributed by atoms with Gasteiger partial charge in [-0.25, -0.2) is 8.42 Å². The van der Waals surface area contributed by atoms with E-state index in [2.05, 4.69) is 5.32 Å². The van der Waals surface area contributed by atoms with Crippen LogP contribution >= 0.6 is 11.6 Å². The van der Waals surface area contributed by atoms with Crippen LogP contribution in [0.5, 0.6) is 0 Å². The minimum atomic E-state index is -3.69. The maximum atomic E-state index is 12.3. The van der Waals surface area contributed by atoms with Gasteiger partial charge in [0.15, 0.2) is 0 Å². The fourth-order valence-corrected chi connectivity index (χ4v) is 3.15. The number of likely N-dealkylation sites (N-methyl/N-ethyl adjacent to an activating group) is 1. The van der Waals surface area contributed by atoms with E-state index in [1.54, 1.807) is 0 Å². The van der Waals surface area contributed by atoms with Gasteiger partial charge in [0.1, 0.15) is 0 Å². The number of hydrogen-bond acceptors (Lipinski definition) is 3. The number of hydrogen-bond donors (Lipinski definition) is 1. The molecule has 0 unspecified atom stereocenters. The van der Waals surface area contributed by atoms with Crippen LogP contribution < -0.4 is 5.32 Å². The molecule has 1 aromatic rings. The fraction of sp³-hybridized carbons (Fsp3) is 0.500. The maximum Gasteiger partial charge on any atom is 0.243 e. The standard InChI is InChI=1S/C14H21ClN2O3S/c1-4-5-11(2)16-14(18)10-17(3)21(19,20)13-8-6-12(15)7-9-13/h6-9,11H,4-5,10H2,1-3H3,(H,16,18)/t11-/m0/s1. The van der Waals surface area contributed by atoms with E-state index in [0.29, 0.717) is 5.02 Å². The molecule has 0 saturated heterocycles. The van der Waals surface area contributed by atoms with E-state index in [4.69, 9.17) is 11.6 Å². The molecule has 0 aliphatic heterocycles. The van der Waals surface area contributed by atoms with Gasteiger partial charge in [-0.3, -0.25) is 4.79 Å². The first-order chi connectivity index (χ1) is 9.77. The summed E-state index contributed by atoms with van der Waals surface area (Å²) < 4.78 is 25.6. The van der Waals surface area contributed by atoms with Crippen molar-refractivity contribution in [3.05, 3.63) is 29.3 Å². The molecule has 1 aromatic carbocycles. The number of carbonyl (C=O) groups is 1. The Morgan fingerprint density at radius 2 is 1.90 bits per heavy atom. The Morgan fingerprint density at radius 3 is 2.43 bits per heavy atom. The number of halogens is 1.